The number of carbonyl (C=O) groups excluding carboxylic acids is 1. The molecule has 2 aromatic heterocycles. The first-order valence-corrected chi connectivity index (χ1v) is 13.3. The molecule has 0 saturated carbocycles. The molecule has 1 amide bonds. The van der Waals surface area contributed by atoms with Gasteiger partial charge in [-0.1, -0.05) is 60.7 Å². The predicted octanol–water partition coefficient (Wildman–Crippen LogP) is 4.20. The number of benzene rings is 2. The van der Waals surface area contributed by atoms with Gasteiger partial charge in [-0.25, -0.2) is 19.4 Å². The summed E-state index contributed by atoms with van der Waals surface area (Å²) < 4.78 is 7.52. The number of fused-ring (bicyclic) bond motifs is 1. The molecule has 1 saturated heterocycles. The Balaban J connectivity index is 1.36. The highest BCUT2D eigenvalue weighted by atomic mass is 35.5. The lowest BCUT2D eigenvalue weighted by atomic mass is 10.1. The summed E-state index contributed by atoms with van der Waals surface area (Å²) in [5.74, 6) is 0.459. The van der Waals surface area contributed by atoms with E-state index in [9.17, 15) is 4.79 Å². The number of piperazine rings is 1. The summed E-state index contributed by atoms with van der Waals surface area (Å²) in [6.45, 7) is 5.73. The number of hydrogen-bond donors (Lipinski definition) is 0. The Hall–Kier alpha value is -3.53. The molecule has 10 heteroatoms. The minimum atomic E-state index is -0.449. The maximum Gasteiger partial charge on any atom is 0.415 e. The molecule has 3 heterocycles. The van der Waals surface area contributed by atoms with E-state index < -0.39 is 6.09 Å². The van der Waals surface area contributed by atoms with Crippen LogP contribution in [0.15, 0.2) is 73.2 Å². The Morgan fingerprint density at radius 1 is 1.03 bits per heavy atom. The van der Waals surface area contributed by atoms with Gasteiger partial charge in [-0.2, -0.15) is 5.10 Å². The van der Waals surface area contributed by atoms with Crippen LogP contribution in [0, 0.1) is 0 Å². The highest BCUT2D eigenvalue weighted by molar-refractivity contribution is 6.20. The SMILES string of the molecule is CN1CCN(CCOC(=O)N(Cc2ccccc2)c2ncnc3c2cnn3CC(Cl)c2ccccc2)CC1. The van der Waals surface area contributed by atoms with Crippen molar-refractivity contribution in [2.75, 3.05) is 51.3 Å². The number of anilines is 1. The van der Waals surface area contributed by atoms with Gasteiger partial charge in [0, 0.05) is 32.7 Å². The number of halogens is 1. The van der Waals surface area contributed by atoms with Crippen LogP contribution in [-0.2, 0) is 17.8 Å². The van der Waals surface area contributed by atoms with Gasteiger partial charge in [0.05, 0.1) is 30.0 Å². The summed E-state index contributed by atoms with van der Waals surface area (Å²) in [5.41, 5.74) is 2.58. The molecule has 2 aromatic carbocycles. The van der Waals surface area contributed by atoms with Crippen molar-refractivity contribution >= 4 is 34.5 Å². The van der Waals surface area contributed by atoms with Crippen LogP contribution in [0.1, 0.15) is 16.5 Å². The number of alkyl halides is 1. The van der Waals surface area contributed by atoms with Crippen LogP contribution in [0.2, 0.25) is 0 Å². The van der Waals surface area contributed by atoms with Crippen LogP contribution in [0.25, 0.3) is 11.0 Å². The first-order valence-electron chi connectivity index (χ1n) is 12.8. The molecular weight excluding hydrogens is 502 g/mol. The molecule has 0 N–H and O–H groups in total. The van der Waals surface area contributed by atoms with Crippen molar-refractivity contribution in [3.8, 4) is 0 Å². The van der Waals surface area contributed by atoms with E-state index in [0.29, 0.717) is 43.1 Å². The smallest absolute Gasteiger partial charge is 0.415 e. The summed E-state index contributed by atoms with van der Waals surface area (Å²) in [7, 11) is 2.12. The second kappa shape index (κ2) is 12.3. The third kappa shape index (κ3) is 6.30. The summed E-state index contributed by atoms with van der Waals surface area (Å²) in [5, 5.41) is 4.92. The maximum atomic E-state index is 13.4. The number of rotatable bonds is 9. The summed E-state index contributed by atoms with van der Waals surface area (Å²) in [6.07, 6.45) is 2.70. The van der Waals surface area contributed by atoms with Crippen LogP contribution in [0.5, 0.6) is 0 Å². The molecule has 9 nitrogen and oxygen atoms in total. The van der Waals surface area contributed by atoms with Gasteiger partial charge in [-0.15, -0.1) is 11.6 Å². The lowest BCUT2D eigenvalue weighted by molar-refractivity contribution is 0.107. The average Bonchev–Trinajstić information content (AvgIpc) is 3.36. The normalized spacial score (nSPS) is 15.4. The van der Waals surface area contributed by atoms with E-state index in [1.165, 1.54) is 6.33 Å². The Bertz CT molecular complexity index is 1330. The molecule has 1 atom stereocenters. The number of amides is 1. The summed E-state index contributed by atoms with van der Waals surface area (Å²) in [4.78, 5) is 28.6. The molecule has 0 radical (unpaired) electrons. The molecule has 5 rings (SSSR count). The molecule has 1 fully saturated rings. The average molecular weight is 534 g/mol. The fourth-order valence-corrected chi connectivity index (χ4v) is 4.83. The Morgan fingerprint density at radius 3 is 2.47 bits per heavy atom. The van der Waals surface area contributed by atoms with E-state index in [1.807, 2.05) is 60.7 Å². The zero-order chi connectivity index (χ0) is 26.3. The number of likely N-dealkylation sites (N-methyl/N-ethyl adjacent to an activating group) is 1. The fourth-order valence-electron chi connectivity index (χ4n) is 4.55. The Morgan fingerprint density at radius 2 is 1.74 bits per heavy atom. The van der Waals surface area contributed by atoms with E-state index in [1.54, 1.807) is 15.8 Å². The lowest BCUT2D eigenvalue weighted by Gasteiger charge is -2.32. The van der Waals surface area contributed by atoms with Crippen molar-refractivity contribution in [2.45, 2.75) is 18.5 Å². The number of aromatic nitrogens is 4. The third-order valence-corrected chi connectivity index (χ3v) is 7.19. The fraction of sp³-hybridized carbons (Fsp3) is 0.357. The molecular formula is C28H32ClN7O2. The van der Waals surface area contributed by atoms with Crippen LogP contribution in [-0.4, -0.2) is 82.0 Å². The summed E-state index contributed by atoms with van der Waals surface area (Å²) >= 11 is 6.69. The predicted molar refractivity (Wildman–Crippen MR) is 148 cm³/mol. The highest BCUT2D eigenvalue weighted by Crippen LogP contribution is 2.28. The molecule has 198 valence electrons. The lowest BCUT2D eigenvalue weighted by Crippen LogP contribution is -2.45. The standard InChI is InChI=1S/C28H32ClN7O2/c1-33-12-14-34(15-13-33)16-17-38-28(37)35(19-22-8-4-2-5-9-22)26-24-18-32-36(27(24)31-21-30-26)20-25(29)23-10-6-3-7-11-23/h2-11,18,21,25H,12-17,19-20H2,1H3. The number of nitrogens with zero attached hydrogens (tertiary/aromatic N) is 7. The number of carbonyl (C=O) groups is 1. The zero-order valence-corrected chi connectivity index (χ0v) is 22.2. The van der Waals surface area contributed by atoms with Crippen LogP contribution in [0.3, 0.4) is 0 Å². The van der Waals surface area contributed by atoms with Gasteiger partial charge in [0.1, 0.15) is 12.9 Å². The minimum Gasteiger partial charge on any atom is -0.448 e. The first kappa shape index (κ1) is 26.1. The summed E-state index contributed by atoms with van der Waals surface area (Å²) in [6, 6.07) is 19.7. The Kier molecular flexibility index (Phi) is 8.47. The van der Waals surface area contributed by atoms with Crippen LogP contribution < -0.4 is 4.90 Å². The van der Waals surface area contributed by atoms with Gasteiger partial charge in [0.2, 0.25) is 0 Å². The first-order chi connectivity index (χ1) is 18.6. The third-order valence-electron chi connectivity index (χ3n) is 6.80. The number of ether oxygens (including phenoxy) is 1. The topological polar surface area (TPSA) is 79.6 Å². The quantitative estimate of drug-likeness (QED) is 0.298. The van der Waals surface area contributed by atoms with Crippen molar-refractivity contribution in [1.82, 2.24) is 29.5 Å². The van der Waals surface area contributed by atoms with Crippen molar-refractivity contribution in [1.29, 1.82) is 0 Å². The van der Waals surface area contributed by atoms with Gasteiger partial charge in [0.25, 0.3) is 0 Å². The maximum absolute atomic E-state index is 13.4. The second-order valence-corrected chi connectivity index (χ2v) is 10.00. The van der Waals surface area contributed by atoms with Gasteiger partial charge < -0.3 is 9.64 Å². The van der Waals surface area contributed by atoms with Crippen molar-refractivity contribution in [3.05, 3.63) is 84.3 Å². The molecule has 1 aliphatic rings. The van der Waals surface area contributed by atoms with Crippen molar-refractivity contribution in [3.63, 3.8) is 0 Å². The van der Waals surface area contributed by atoms with Gasteiger partial charge in [0.15, 0.2) is 11.5 Å². The van der Waals surface area contributed by atoms with Gasteiger partial charge in [-0.05, 0) is 18.2 Å². The van der Waals surface area contributed by atoms with Crippen LogP contribution in [0.4, 0.5) is 10.6 Å². The van der Waals surface area contributed by atoms with E-state index in [2.05, 4.69) is 31.9 Å². The van der Waals surface area contributed by atoms with Crippen molar-refractivity contribution in [2.24, 2.45) is 0 Å². The molecule has 38 heavy (non-hydrogen) atoms. The minimum absolute atomic E-state index is 0.280. The van der Waals surface area contributed by atoms with E-state index in [4.69, 9.17) is 16.3 Å². The van der Waals surface area contributed by atoms with Gasteiger partial charge >= 0.3 is 6.09 Å². The molecule has 4 aromatic rings. The zero-order valence-electron chi connectivity index (χ0n) is 21.5. The largest absolute Gasteiger partial charge is 0.448 e. The Labute approximate surface area is 227 Å². The van der Waals surface area contributed by atoms with Crippen molar-refractivity contribution < 1.29 is 9.53 Å². The molecule has 0 bridgehead atoms. The van der Waals surface area contributed by atoms with Crippen LogP contribution >= 0.6 is 11.6 Å². The second-order valence-electron chi connectivity index (χ2n) is 9.47. The highest BCUT2D eigenvalue weighted by Gasteiger charge is 2.24. The molecule has 0 spiro atoms. The monoisotopic (exact) mass is 533 g/mol. The van der Waals surface area contributed by atoms with E-state index in [0.717, 1.165) is 37.3 Å². The molecule has 1 aliphatic heterocycles. The molecule has 0 aliphatic carbocycles. The van der Waals surface area contributed by atoms with E-state index >= 15 is 0 Å². The van der Waals surface area contributed by atoms with E-state index in [-0.39, 0.29) is 5.38 Å². The molecule has 1 unspecified atom stereocenters. The number of hydrogen-bond acceptors (Lipinski definition) is 7. The van der Waals surface area contributed by atoms with Gasteiger partial charge in [-0.3, -0.25) is 9.80 Å².